The van der Waals surface area contributed by atoms with Gasteiger partial charge < -0.3 is 14.7 Å². The van der Waals surface area contributed by atoms with E-state index in [2.05, 4.69) is 0 Å². The first-order valence-corrected chi connectivity index (χ1v) is 8.87. The summed E-state index contributed by atoms with van der Waals surface area (Å²) in [7, 11) is 0. The summed E-state index contributed by atoms with van der Waals surface area (Å²) in [6.07, 6.45) is 0.354. The number of carbonyl (C=O) groups excluding carboxylic acids is 1. The van der Waals surface area contributed by atoms with Crippen LogP contribution in [0.15, 0.2) is 42.5 Å². The van der Waals surface area contributed by atoms with Gasteiger partial charge in [0.1, 0.15) is 5.75 Å². The smallest absolute Gasteiger partial charge is 0.225 e. The SMILES string of the molecule is CCN(CC)C(=O)CCOc1cccc(-c2cccc(CO)c2Cl)c1. The van der Waals surface area contributed by atoms with Crippen LogP contribution in [0.4, 0.5) is 0 Å². The van der Waals surface area contributed by atoms with Crippen LogP contribution < -0.4 is 4.74 Å². The van der Waals surface area contributed by atoms with Gasteiger partial charge >= 0.3 is 0 Å². The molecular weight excluding hydrogens is 338 g/mol. The van der Waals surface area contributed by atoms with E-state index >= 15 is 0 Å². The average molecular weight is 362 g/mol. The summed E-state index contributed by atoms with van der Waals surface area (Å²) in [6, 6.07) is 13.1. The molecule has 1 N–H and O–H groups in total. The summed E-state index contributed by atoms with van der Waals surface area (Å²) in [5, 5.41) is 9.89. The molecule has 2 rings (SSSR count). The van der Waals surface area contributed by atoms with Crippen molar-refractivity contribution in [3.63, 3.8) is 0 Å². The molecule has 0 aromatic heterocycles. The Balaban J connectivity index is 2.06. The van der Waals surface area contributed by atoms with Gasteiger partial charge in [-0.1, -0.05) is 41.9 Å². The third-order valence-corrected chi connectivity index (χ3v) is 4.54. The Bertz CT molecular complexity index is 714. The van der Waals surface area contributed by atoms with Gasteiger partial charge in [-0.15, -0.1) is 0 Å². The molecule has 0 saturated heterocycles. The van der Waals surface area contributed by atoms with Crippen molar-refractivity contribution in [2.45, 2.75) is 26.9 Å². The van der Waals surface area contributed by atoms with Crippen molar-refractivity contribution < 1.29 is 14.6 Å². The molecule has 0 heterocycles. The molecule has 0 fully saturated rings. The summed E-state index contributed by atoms with van der Waals surface area (Å²) in [5.41, 5.74) is 2.45. The fourth-order valence-electron chi connectivity index (χ4n) is 2.67. The molecule has 0 saturated carbocycles. The van der Waals surface area contributed by atoms with Crippen LogP contribution >= 0.6 is 11.6 Å². The third-order valence-electron chi connectivity index (χ3n) is 4.09. The van der Waals surface area contributed by atoms with Crippen molar-refractivity contribution in [1.29, 1.82) is 0 Å². The Morgan fingerprint density at radius 3 is 2.56 bits per heavy atom. The number of hydrogen-bond acceptors (Lipinski definition) is 3. The maximum Gasteiger partial charge on any atom is 0.225 e. The van der Waals surface area contributed by atoms with Gasteiger partial charge in [0, 0.05) is 18.7 Å². The first-order chi connectivity index (χ1) is 12.1. The number of carbonyl (C=O) groups is 1. The molecule has 0 bridgehead atoms. The van der Waals surface area contributed by atoms with Crippen LogP contribution in [0.2, 0.25) is 5.02 Å². The van der Waals surface area contributed by atoms with Crippen molar-refractivity contribution in [3.8, 4) is 16.9 Å². The Hall–Kier alpha value is -2.04. The molecule has 134 valence electrons. The average Bonchev–Trinajstić information content (AvgIpc) is 2.63. The van der Waals surface area contributed by atoms with Gasteiger partial charge in [0.05, 0.1) is 24.7 Å². The number of rotatable bonds is 8. The van der Waals surface area contributed by atoms with E-state index in [4.69, 9.17) is 16.3 Å². The predicted octanol–water partition coefficient (Wildman–Crippen LogP) is 4.14. The second kappa shape index (κ2) is 9.44. The Kier molecular flexibility index (Phi) is 7.29. The Morgan fingerprint density at radius 1 is 1.16 bits per heavy atom. The van der Waals surface area contributed by atoms with E-state index in [1.165, 1.54) is 0 Å². The molecule has 0 radical (unpaired) electrons. The second-order valence-corrected chi connectivity index (χ2v) is 6.01. The molecule has 0 aliphatic heterocycles. The summed E-state index contributed by atoms with van der Waals surface area (Å²) >= 11 is 6.36. The van der Waals surface area contributed by atoms with Crippen LogP contribution in [0.3, 0.4) is 0 Å². The van der Waals surface area contributed by atoms with Crippen molar-refractivity contribution in [3.05, 3.63) is 53.1 Å². The lowest BCUT2D eigenvalue weighted by atomic mass is 10.0. The quantitative estimate of drug-likeness (QED) is 0.768. The number of amides is 1. The van der Waals surface area contributed by atoms with Gasteiger partial charge in [0.2, 0.25) is 5.91 Å². The fourth-order valence-corrected chi connectivity index (χ4v) is 2.96. The number of ether oxygens (including phenoxy) is 1. The van der Waals surface area contributed by atoms with Crippen LogP contribution in [0.5, 0.6) is 5.75 Å². The topological polar surface area (TPSA) is 49.8 Å². The summed E-state index contributed by atoms with van der Waals surface area (Å²) in [6.45, 7) is 5.60. The van der Waals surface area contributed by atoms with Crippen LogP contribution in [-0.2, 0) is 11.4 Å². The minimum atomic E-state index is -0.101. The highest BCUT2D eigenvalue weighted by atomic mass is 35.5. The van der Waals surface area contributed by atoms with Crippen molar-refractivity contribution in [2.24, 2.45) is 0 Å². The molecule has 0 spiro atoms. The Morgan fingerprint density at radius 2 is 1.88 bits per heavy atom. The van der Waals surface area contributed by atoms with E-state index in [1.54, 1.807) is 11.0 Å². The zero-order valence-corrected chi connectivity index (χ0v) is 15.4. The third kappa shape index (κ3) is 4.97. The number of nitrogens with zero attached hydrogens (tertiary/aromatic N) is 1. The van der Waals surface area contributed by atoms with Crippen LogP contribution in [-0.4, -0.2) is 35.6 Å². The first-order valence-electron chi connectivity index (χ1n) is 8.49. The van der Waals surface area contributed by atoms with E-state index in [1.807, 2.05) is 50.2 Å². The standard InChI is InChI=1S/C20H24ClNO3/c1-3-22(4-2)19(24)11-12-25-17-9-5-7-15(13-17)18-10-6-8-16(14-23)20(18)21/h5-10,13,23H,3-4,11-12,14H2,1-2H3. The van der Waals surface area contributed by atoms with Gasteiger partial charge in [-0.25, -0.2) is 0 Å². The molecule has 0 atom stereocenters. The first kappa shape index (κ1) is 19.3. The zero-order chi connectivity index (χ0) is 18.2. The maximum absolute atomic E-state index is 12.0. The monoisotopic (exact) mass is 361 g/mol. The lowest BCUT2D eigenvalue weighted by molar-refractivity contribution is -0.131. The second-order valence-electron chi connectivity index (χ2n) is 5.63. The van der Waals surface area contributed by atoms with Crippen molar-refractivity contribution in [1.82, 2.24) is 4.90 Å². The van der Waals surface area contributed by atoms with Gasteiger partial charge in [-0.3, -0.25) is 4.79 Å². The molecule has 4 nitrogen and oxygen atoms in total. The largest absolute Gasteiger partial charge is 0.493 e. The molecular formula is C20H24ClNO3. The fraction of sp³-hybridized carbons (Fsp3) is 0.350. The molecule has 0 aliphatic carbocycles. The van der Waals surface area contributed by atoms with Crippen molar-refractivity contribution in [2.75, 3.05) is 19.7 Å². The predicted molar refractivity (Wildman–Crippen MR) is 101 cm³/mol. The van der Waals surface area contributed by atoms with E-state index in [9.17, 15) is 9.90 Å². The number of aliphatic hydroxyl groups excluding tert-OH is 1. The number of benzene rings is 2. The number of hydrogen-bond donors (Lipinski definition) is 1. The summed E-state index contributed by atoms with van der Waals surface area (Å²) < 4.78 is 5.73. The lowest BCUT2D eigenvalue weighted by Gasteiger charge is -2.18. The van der Waals surface area contributed by atoms with Crippen LogP contribution in [0, 0.1) is 0 Å². The molecule has 2 aromatic rings. The van der Waals surface area contributed by atoms with Gasteiger partial charge in [0.15, 0.2) is 0 Å². The Labute approximate surface area is 154 Å². The van der Waals surface area contributed by atoms with E-state index in [-0.39, 0.29) is 12.5 Å². The molecule has 0 aliphatic rings. The number of halogens is 1. The molecule has 5 heteroatoms. The van der Waals surface area contributed by atoms with Crippen molar-refractivity contribution >= 4 is 17.5 Å². The number of aliphatic hydroxyl groups is 1. The van der Waals surface area contributed by atoms with Gasteiger partial charge in [0.25, 0.3) is 0 Å². The maximum atomic E-state index is 12.0. The highest BCUT2D eigenvalue weighted by Gasteiger charge is 2.11. The minimum absolute atomic E-state index is 0.0971. The van der Waals surface area contributed by atoms with E-state index in [0.717, 1.165) is 11.1 Å². The van der Waals surface area contributed by atoms with E-state index < -0.39 is 0 Å². The van der Waals surface area contributed by atoms with Gasteiger partial charge in [-0.05, 0) is 37.1 Å². The molecule has 25 heavy (non-hydrogen) atoms. The highest BCUT2D eigenvalue weighted by Crippen LogP contribution is 2.32. The molecule has 0 unspecified atom stereocenters. The summed E-state index contributed by atoms with van der Waals surface area (Å²) in [5.74, 6) is 0.787. The van der Waals surface area contributed by atoms with Crippen LogP contribution in [0.1, 0.15) is 25.8 Å². The van der Waals surface area contributed by atoms with E-state index in [0.29, 0.717) is 42.5 Å². The molecule has 2 aromatic carbocycles. The minimum Gasteiger partial charge on any atom is -0.493 e. The van der Waals surface area contributed by atoms with Crippen LogP contribution in [0.25, 0.3) is 11.1 Å². The normalized spacial score (nSPS) is 10.6. The highest BCUT2D eigenvalue weighted by molar-refractivity contribution is 6.34. The zero-order valence-electron chi connectivity index (χ0n) is 14.7. The summed E-state index contributed by atoms with van der Waals surface area (Å²) in [4.78, 5) is 13.8. The lowest BCUT2D eigenvalue weighted by Crippen LogP contribution is -2.31. The molecule has 1 amide bonds. The van der Waals surface area contributed by atoms with Gasteiger partial charge in [-0.2, -0.15) is 0 Å².